The predicted molar refractivity (Wildman–Crippen MR) is 95.9 cm³/mol. The van der Waals surface area contributed by atoms with Crippen LogP contribution in [0.5, 0.6) is 0 Å². The van der Waals surface area contributed by atoms with E-state index in [9.17, 15) is 9.59 Å². The number of nitrogens with zero attached hydrogens (tertiary/aromatic N) is 3. The highest BCUT2D eigenvalue weighted by Gasteiger charge is 2.24. The van der Waals surface area contributed by atoms with Gasteiger partial charge in [0.05, 0.1) is 12.1 Å². The molecular weight excluding hydrogens is 320 g/mol. The van der Waals surface area contributed by atoms with E-state index in [1.165, 1.54) is 4.57 Å². The third-order valence-corrected chi connectivity index (χ3v) is 4.22. The van der Waals surface area contributed by atoms with Crippen molar-refractivity contribution in [2.75, 3.05) is 18.1 Å². The fourth-order valence-electron chi connectivity index (χ4n) is 2.59. The van der Waals surface area contributed by atoms with Gasteiger partial charge in [0.1, 0.15) is 0 Å². The summed E-state index contributed by atoms with van der Waals surface area (Å²) in [6, 6.07) is 2.02. The number of nitrogens with two attached hydrogens (primary N) is 1. The lowest BCUT2D eigenvalue weighted by molar-refractivity contribution is -0.119. The van der Waals surface area contributed by atoms with Crippen molar-refractivity contribution in [3.05, 3.63) is 39.6 Å². The van der Waals surface area contributed by atoms with E-state index in [1.807, 2.05) is 0 Å². The lowest BCUT2D eigenvalue weighted by Crippen LogP contribution is -2.28. The Morgan fingerprint density at radius 3 is 2.76 bits per heavy atom. The monoisotopic (exact) mass is 342 g/mol. The van der Waals surface area contributed by atoms with Gasteiger partial charge in [-0.25, -0.2) is 9.97 Å². The minimum Gasteiger partial charge on any atom is -0.396 e. The number of hydrogen-bond donors (Lipinski definition) is 3. The number of nitrogens with one attached hydrogen (secondary N) is 2. The smallest absolute Gasteiger partial charge is 0.299 e. The molecule has 0 saturated heterocycles. The van der Waals surface area contributed by atoms with Gasteiger partial charge >= 0.3 is 0 Å². The van der Waals surface area contributed by atoms with Gasteiger partial charge in [-0.2, -0.15) is 0 Å². The van der Waals surface area contributed by atoms with Crippen molar-refractivity contribution in [2.45, 2.75) is 39.2 Å². The first-order chi connectivity index (χ1) is 11.9. The summed E-state index contributed by atoms with van der Waals surface area (Å²) in [5.74, 6) is 0.550. The molecule has 1 aliphatic rings. The van der Waals surface area contributed by atoms with Gasteiger partial charge in [-0.15, -0.1) is 0 Å². The molecule has 1 fully saturated rings. The fourth-order valence-corrected chi connectivity index (χ4v) is 2.59. The zero-order valence-electron chi connectivity index (χ0n) is 14.6. The number of nitrogen functional groups attached to an aromatic ring is 1. The second-order valence-electron chi connectivity index (χ2n) is 6.30. The van der Waals surface area contributed by atoms with Crippen LogP contribution in [0.4, 0.5) is 11.5 Å². The molecule has 0 atom stereocenters. The number of amides is 1. The Hall–Kier alpha value is -2.90. The van der Waals surface area contributed by atoms with Crippen LogP contribution in [0.1, 0.15) is 29.8 Å². The van der Waals surface area contributed by atoms with Gasteiger partial charge in [-0.1, -0.05) is 0 Å². The molecule has 1 amide bonds. The Balaban J connectivity index is 2.05. The summed E-state index contributed by atoms with van der Waals surface area (Å²) in [4.78, 5) is 33.1. The predicted octanol–water partition coefficient (Wildman–Crippen LogP) is 0.689. The molecule has 0 unspecified atom stereocenters. The molecule has 1 saturated carbocycles. The molecule has 2 heterocycles. The first kappa shape index (κ1) is 16.9. The number of hydrogen-bond acceptors (Lipinski definition) is 6. The Bertz CT molecular complexity index is 885. The average Bonchev–Trinajstić information content (AvgIpc) is 3.38. The van der Waals surface area contributed by atoms with E-state index in [0.29, 0.717) is 34.8 Å². The van der Waals surface area contributed by atoms with E-state index in [-0.39, 0.29) is 17.9 Å². The van der Waals surface area contributed by atoms with Crippen LogP contribution in [-0.2, 0) is 11.2 Å². The summed E-state index contributed by atoms with van der Waals surface area (Å²) >= 11 is 0. The lowest BCUT2D eigenvalue weighted by Gasteiger charge is -2.15. The van der Waals surface area contributed by atoms with Crippen molar-refractivity contribution in [1.82, 2.24) is 19.9 Å². The van der Waals surface area contributed by atoms with Crippen molar-refractivity contribution in [1.29, 1.82) is 0 Å². The summed E-state index contributed by atoms with van der Waals surface area (Å²) < 4.78 is 1.46. The molecule has 1 aliphatic carbocycles. The third kappa shape index (κ3) is 3.47. The summed E-state index contributed by atoms with van der Waals surface area (Å²) in [6.07, 6.45) is 3.91. The molecule has 0 spiro atoms. The minimum atomic E-state index is -0.274. The van der Waals surface area contributed by atoms with Crippen molar-refractivity contribution >= 4 is 17.4 Å². The van der Waals surface area contributed by atoms with Crippen LogP contribution in [0.3, 0.4) is 0 Å². The maximum atomic E-state index is 12.8. The second-order valence-corrected chi connectivity index (χ2v) is 6.30. The highest BCUT2D eigenvalue weighted by Crippen LogP contribution is 2.23. The first-order valence-electron chi connectivity index (χ1n) is 8.23. The highest BCUT2D eigenvalue weighted by atomic mass is 16.1. The number of pyridine rings is 1. The van der Waals surface area contributed by atoms with E-state index in [1.54, 1.807) is 33.2 Å². The van der Waals surface area contributed by atoms with Gasteiger partial charge < -0.3 is 16.4 Å². The van der Waals surface area contributed by atoms with Gasteiger partial charge in [-0.3, -0.25) is 14.2 Å². The van der Waals surface area contributed by atoms with E-state index in [4.69, 9.17) is 5.73 Å². The molecule has 0 radical (unpaired) electrons. The number of aryl methyl sites for hydroxylation is 2. The Morgan fingerprint density at radius 2 is 2.12 bits per heavy atom. The third-order valence-electron chi connectivity index (χ3n) is 4.22. The van der Waals surface area contributed by atoms with Gasteiger partial charge in [0.25, 0.3) is 5.56 Å². The Morgan fingerprint density at radius 1 is 1.40 bits per heavy atom. The highest BCUT2D eigenvalue weighted by molar-refractivity contribution is 5.79. The number of aromatic nitrogens is 3. The van der Waals surface area contributed by atoms with Gasteiger partial charge in [0, 0.05) is 30.7 Å². The van der Waals surface area contributed by atoms with Crippen molar-refractivity contribution in [3.8, 4) is 5.82 Å². The molecule has 0 aromatic carbocycles. The number of carbonyl (C=O) groups excluding carboxylic acids is 1. The minimum absolute atomic E-state index is 0.120. The second kappa shape index (κ2) is 6.54. The standard InChI is InChI=1S/C17H22N6O2/c1-9-8-20-15(22-12-4-5-12)17(25)23(9)16-13(18)6-11(10(2)21-16)7-14(24)19-3/h6,8,12H,4-5,7,18H2,1-3H3,(H,19,24)(H,20,22). The van der Waals surface area contributed by atoms with Crippen LogP contribution in [-0.4, -0.2) is 33.5 Å². The summed E-state index contributed by atoms with van der Waals surface area (Å²) in [5.41, 5.74) is 8.25. The van der Waals surface area contributed by atoms with Gasteiger partial charge in [0.2, 0.25) is 5.91 Å². The lowest BCUT2D eigenvalue weighted by atomic mass is 10.1. The normalized spacial score (nSPS) is 13.6. The molecular formula is C17H22N6O2. The van der Waals surface area contributed by atoms with E-state index < -0.39 is 0 Å². The molecule has 2 aromatic heterocycles. The quantitative estimate of drug-likeness (QED) is 0.736. The van der Waals surface area contributed by atoms with E-state index in [0.717, 1.165) is 18.4 Å². The zero-order chi connectivity index (χ0) is 18.1. The molecule has 8 nitrogen and oxygen atoms in total. The molecule has 3 rings (SSSR count). The summed E-state index contributed by atoms with van der Waals surface area (Å²) in [5, 5.41) is 5.71. The van der Waals surface area contributed by atoms with Crippen LogP contribution in [0.15, 0.2) is 17.1 Å². The molecule has 8 heteroatoms. The van der Waals surface area contributed by atoms with Gasteiger partial charge in [-0.05, 0) is 38.3 Å². The number of likely N-dealkylation sites (N-methyl/N-ethyl adjacent to an activating group) is 1. The first-order valence-corrected chi connectivity index (χ1v) is 8.23. The summed E-state index contributed by atoms with van der Waals surface area (Å²) in [6.45, 7) is 3.58. The van der Waals surface area contributed by atoms with Crippen molar-refractivity contribution < 1.29 is 4.79 Å². The SMILES string of the molecule is CNC(=O)Cc1cc(N)c(-n2c(C)cnc(NC3CC3)c2=O)nc1C. The van der Waals surface area contributed by atoms with Crippen LogP contribution < -0.4 is 21.9 Å². The molecule has 0 aliphatic heterocycles. The van der Waals surface area contributed by atoms with Crippen LogP contribution in [0.25, 0.3) is 5.82 Å². The van der Waals surface area contributed by atoms with Crippen molar-refractivity contribution in [3.63, 3.8) is 0 Å². The maximum absolute atomic E-state index is 12.8. The number of carbonyl (C=O) groups is 1. The van der Waals surface area contributed by atoms with Gasteiger partial charge in [0.15, 0.2) is 11.6 Å². The van der Waals surface area contributed by atoms with Crippen LogP contribution in [0.2, 0.25) is 0 Å². The number of anilines is 2. The molecule has 4 N–H and O–H groups in total. The maximum Gasteiger partial charge on any atom is 0.299 e. The zero-order valence-corrected chi connectivity index (χ0v) is 14.6. The van der Waals surface area contributed by atoms with Crippen LogP contribution >= 0.6 is 0 Å². The molecule has 0 bridgehead atoms. The Labute approximate surface area is 145 Å². The fraction of sp³-hybridized carbons (Fsp3) is 0.412. The average molecular weight is 342 g/mol. The molecule has 132 valence electrons. The topological polar surface area (TPSA) is 115 Å². The Kier molecular flexibility index (Phi) is 4.43. The molecule has 25 heavy (non-hydrogen) atoms. The largest absolute Gasteiger partial charge is 0.396 e. The van der Waals surface area contributed by atoms with Crippen LogP contribution in [0, 0.1) is 13.8 Å². The van der Waals surface area contributed by atoms with E-state index in [2.05, 4.69) is 20.6 Å². The van der Waals surface area contributed by atoms with Crippen molar-refractivity contribution in [2.24, 2.45) is 0 Å². The number of rotatable bonds is 5. The molecule has 2 aromatic rings. The van der Waals surface area contributed by atoms with E-state index >= 15 is 0 Å². The summed E-state index contributed by atoms with van der Waals surface area (Å²) in [7, 11) is 1.58.